The quantitative estimate of drug-likeness (QED) is 0.794. The van der Waals surface area contributed by atoms with Crippen LogP contribution in [0, 0.1) is 12.7 Å². The van der Waals surface area contributed by atoms with E-state index in [9.17, 15) is 4.39 Å². The Bertz CT molecular complexity index is 764. The van der Waals surface area contributed by atoms with Crippen molar-refractivity contribution in [3.8, 4) is 0 Å². The normalized spacial score (nSPS) is 12.7. The number of pyridine rings is 1. The van der Waals surface area contributed by atoms with Crippen molar-refractivity contribution >= 4 is 5.52 Å². The van der Waals surface area contributed by atoms with Gasteiger partial charge in [0.15, 0.2) is 0 Å². The van der Waals surface area contributed by atoms with Gasteiger partial charge in [0.1, 0.15) is 5.82 Å². The second-order valence-electron chi connectivity index (χ2n) is 5.15. The third kappa shape index (κ3) is 2.54. The predicted molar refractivity (Wildman–Crippen MR) is 81.8 cm³/mol. The van der Waals surface area contributed by atoms with E-state index in [0.717, 1.165) is 23.2 Å². The van der Waals surface area contributed by atoms with E-state index in [2.05, 4.69) is 10.4 Å². The maximum Gasteiger partial charge on any atom is 0.128 e. The highest BCUT2D eigenvalue weighted by Gasteiger charge is 2.20. The van der Waals surface area contributed by atoms with Crippen LogP contribution in [-0.2, 0) is 0 Å². The smallest absolute Gasteiger partial charge is 0.128 e. The van der Waals surface area contributed by atoms with Crippen LogP contribution in [0.5, 0.6) is 0 Å². The molecule has 2 heterocycles. The van der Waals surface area contributed by atoms with Crippen LogP contribution >= 0.6 is 0 Å². The number of nitrogens with zero attached hydrogens (tertiary/aromatic N) is 2. The molecule has 0 saturated heterocycles. The molecule has 0 fully saturated rings. The van der Waals surface area contributed by atoms with Gasteiger partial charge in [0.2, 0.25) is 0 Å². The lowest BCUT2D eigenvalue weighted by molar-refractivity contribution is 0.560. The maximum absolute atomic E-state index is 14.3. The fourth-order valence-corrected chi connectivity index (χ4v) is 2.65. The SMILES string of the molecule is CCNC(c1cc(C)ccc1F)c1cnn2ccccc12. The second-order valence-corrected chi connectivity index (χ2v) is 5.15. The summed E-state index contributed by atoms with van der Waals surface area (Å²) < 4.78 is 16.1. The molecule has 0 aliphatic heterocycles. The van der Waals surface area contributed by atoms with Crippen LogP contribution in [0.2, 0.25) is 0 Å². The monoisotopic (exact) mass is 283 g/mol. The van der Waals surface area contributed by atoms with Crippen LogP contribution in [0.3, 0.4) is 0 Å². The molecule has 1 unspecified atom stereocenters. The van der Waals surface area contributed by atoms with Crippen LogP contribution in [0.15, 0.2) is 48.8 Å². The third-order valence-corrected chi connectivity index (χ3v) is 3.64. The molecular formula is C17H18FN3. The zero-order chi connectivity index (χ0) is 14.8. The van der Waals surface area contributed by atoms with E-state index in [1.54, 1.807) is 6.07 Å². The van der Waals surface area contributed by atoms with Gasteiger partial charge in [-0.05, 0) is 31.7 Å². The Balaban J connectivity index is 2.15. The molecule has 0 spiro atoms. The molecular weight excluding hydrogens is 265 g/mol. The molecule has 1 atom stereocenters. The van der Waals surface area contributed by atoms with Crippen LogP contribution in [0.1, 0.15) is 29.7 Å². The molecule has 3 rings (SSSR count). The van der Waals surface area contributed by atoms with Crippen molar-refractivity contribution in [2.75, 3.05) is 6.54 Å². The summed E-state index contributed by atoms with van der Waals surface area (Å²) in [6, 6.07) is 10.9. The van der Waals surface area contributed by atoms with Gasteiger partial charge >= 0.3 is 0 Å². The Labute approximate surface area is 123 Å². The standard InChI is InChI=1S/C17H18FN3/c1-3-19-17(13-10-12(2)7-8-15(13)18)14-11-20-21-9-5-4-6-16(14)21/h4-11,17,19H,3H2,1-2H3. The molecule has 108 valence electrons. The van der Waals surface area contributed by atoms with Crippen molar-refractivity contribution in [2.24, 2.45) is 0 Å². The summed E-state index contributed by atoms with van der Waals surface area (Å²) in [6.45, 7) is 4.75. The number of nitrogens with one attached hydrogen (secondary N) is 1. The van der Waals surface area contributed by atoms with Crippen LogP contribution in [0.25, 0.3) is 5.52 Å². The Morgan fingerprint density at radius 2 is 2.10 bits per heavy atom. The van der Waals surface area contributed by atoms with Gasteiger partial charge in [-0.1, -0.05) is 30.7 Å². The fraction of sp³-hybridized carbons (Fsp3) is 0.235. The van der Waals surface area contributed by atoms with E-state index in [4.69, 9.17) is 0 Å². The van der Waals surface area contributed by atoms with Crippen LogP contribution < -0.4 is 5.32 Å². The summed E-state index contributed by atoms with van der Waals surface area (Å²) in [5.74, 6) is -0.193. The summed E-state index contributed by atoms with van der Waals surface area (Å²) in [5.41, 5.74) is 3.69. The average molecular weight is 283 g/mol. The van der Waals surface area contributed by atoms with Gasteiger partial charge in [0, 0.05) is 17.3 Å². The lowest BCUT2D eigenvalue weighted by Gasteiger charge is -2.19. The lowest BCUT2D eigenvalue weighted by Crippen LogP contribution is -2.23. The molecule has 0 amide bonds. The zero-order valence-corrected chi connectivity index (χ0v) is 12.2. The minimum Gasteiger partial charge on any atom is -0.306 e. The van der Waals surface area contributed by atoms with Gasteiger partial charge in [-0.15, -0.1) is 0 Å². The molecule has 0 aliphatic carbocycles. The van der Waals surface area contributed by atoms with Gasteiger partial charge in [-0.2, -0.15) is 5.10 Å². The summed E-state index contributed by atoms with van der Waals surface area (Å²) in [7, 11) is 0. The molecule has 0 bridgehead atoms. The molecule has 0 radical (unpaired) electrons. The summed E-state index contributed by atoms with van der Waals surface area (Å²) in [5, 5.41) is 7.72. The number of aromatic nitrogens is 2. The number of rotatable bonds is 4. The second kappa shape index (κ2) is 5.66. The number of aryl methyl sites for hydroxylation is 1. The molecule has 1 aromatic carbocycles. The number of hydrogen-bond donors (Lipinski definition) is 1. The number of hydrogen-bond acceptors (Lipinski definition) is 2. The minimum atomic E-state index is -0.199. The summed E-state index contributed by atoms with van der Waals surface area (Å²) in [6.07, 6.45) is 3.71. The van der Waals surface area contributed by atoms with Crippen LogP contribution in [-0.4, -0.2) is 16.2 Å². The first-order chi connectivity index (χ1) is 10.2. The van der Waals surface area contributed by atoms with Crippen molar-refractivity contribution in [3.63, 3.8) is 0 Å². The topological polar surface area (TPSA) is 29.3 Å². The lowest BCUT2D eigenvalue weighted by atomic mass is 9.97. The van der Waals surface area contributed by atoms with Gasteiger partial charge in [-0.3, -0.25) is 0 Å². The zero-order valence-electron chi connectivity index (χ0n) is 12.2. The number of fused-ring (bicyclic) bond motifs is 1. The van der Waals surface area contributed by atoms with Crippen molar-refractivity contribution in [1.82, 2.24) is 14.9 Å². The molecule has 4 heteroatoms. The first-order valence-electron chi connectivity index (χ1n) is 7.12. The van der Waals surface area contributed by atoms with E-state index in [1.165, 1.54) is 6.07 Å². The molecule has 0 aliphatic rings. The molecule has 3 nitrogen and oxygen atoms in total. The van der Waals surface area contributed by atoms with E-state index in [0.29, 0.717) is 5.56 Å². The van der Waals surface area contributed by atoms with E-state index in [1.807, 2.05) is 55.0 Å². The average Bonchev–Trinajstić information content (AvgIpc) is 2.91. The van der Waals surface area contributed by atoms with Gasteiger partial charge in [-0.25, -0.2) is 8.91 Å². The highest BCUT2D eigenvalue weighted by Crippen LogP contribution is 2.28. The van der Waals surface area contributed by atoms with E-state index in [-0.39, 0.29) is 11.9 Å². The first kappa shape index (κ1) is 13.8. The largest absolute Gasteiger partial charge is 0.306 e. The highest BCUT2D eigenvalue weighted by molar-refractivity contribution is 5.57. The molecule has 0 saturated carbocycles. The summed E-state index contributed by atoms with van der Waals surface area (Å²) >= 11 is 0. The van der Waals surface area contributed by atoms with Gasteiger partial charge in [0.05, 0.1) is 17.8 Å². The van der Waals surface area contributed by atoms with Gasteiger partial charge < -0.3 is 5.32 Å². The molecule has 3 aromatic rings. The predicted octanol–water partition coefficient (Wildman–Crippen LogP) is 3.48. The maximum atomic E-state index is 14.3. The number of halogens is 1. The third-order valence-electron chi connectivity index (χ3n) is 3.64. The molecule has 21 heavy (non-hydrogen) atoms. The van der Waals surface area contributed by atoms with Crippen LogP contribution in [0.4, 0.5) is 4.39 Å². The van der Waals surface area contributed by atoms with Gasteiger partial charge in [0.25, 0.3) is 0 Å². The van der Waals surface area contributed by atoms with E-state index < -0.39 is 0 Å². The highest BCUT2D eigenvalue weighted by atomic mass is 19.1. The Hall–Kier alpha value is -2.20. The van der Waals surface area contributed by atoms with Crippen molar-refractivity contribution in [1.29, 1.82) is 0 Å². The van der Waals surface area contributed by atoms with Crippen molar-refractivity contribution < 1.29 is 4.39 Å². The molecule has 1 N–H and O–H groups in total. The van der Waals surface area contributed by atoms with Crippen molar-refractivity contribution in [2.45, 2.75) is 19.9 Å². The first-order valence-corrected chi connectivity index (χ1v) is 7.12. The minimum absolute atomic E-state index is 0.193. The van der Waals surface area contributed by atoms with E-state index >= 15 is 0 Å². The Morgan fingerprint density at radius 1 is 1.24 bits per heavy atom. The summed E-state index contributed by atoms with van der Waals surface area (Å²) in [4.78, 5) is 0. The number of benzene rings is 1. The Morgan fingerprint density at radius 3 is 2.90 bits per heavy atom. The Kier molecular flexibility index (Phi) is 3.71. The molecule has 2 aromatic heterocycles. The fourth-order valence-electron chi connectivity index (χ4n) is 2.65. The van der Waals surface area contributed by atoms with Crippen molar-refractivity contribution in [3.05, 3.63) is 71.3 Å².